The first-order valence-corrected chi connectivity index (χ1v) is 15.3. The van der Waals surface area contributed by atoms with Crippen molar-refractivity contribution >= 4 is 45.7 Å². The van der Waals surface area contributed by atoms with Crippen LogP contribution in [0.3, 0.4) is 0 Å². The molecule has 0 atom stereocenters. The number of carbonyl (C=O) groups excluding carboxylic acids is 2. The number of halogens is 4. The minimum atomic E-state index is -4.64. The summed E-state index contributed by atoms with van der Waals surface area (Å²) in [6.07, 6.45) is -3.40. The SMILES string of the molecule is CCOC(=O)CN(C(=O)c1cc2c(C(F)(F)F)cccc2n1Cc1cc(-c2ccc(Cl)s2)on1)C1CCN(C(C)C)CC1. The summed E-state index contributed by atoms with van der Waals surface area (Å²) in [6, 6.07) is 10.3. The van der Waals surface area contributed by atoms with Crippen LogP contribution >= 0.6 is 22.9 Å². The van der Waals surface area contributed by atoms with E-state index in [9.17, 15) is 22.8 Å². The average Bonchev–Trinajstić information content (AvgIpc) is 3.70. The minimum Gasteiger partial charge on any atom is -0.465 e. The van der Waals surface area contributed by atoms with E-state index in [0.29, 0.717) is 34.7 Å². The average molecular weight is 637 g/mol. The van der Waals surface area contributed by atoms with Gasteiger partial charge in [0.2, 0.25) is 0 Å². The fourth-order valence-electron chi connectivity index (χ4n) is 5.56. The highest BCUT2D eigenvalue weighted by Crippen LogP contribution is 2.37. The van der Waals surface area contributed by atoms with E-state index in [1.165, 1.54) is 39.0 Å². The van der Waals surface area contributed by atoms with Crippen LogP contribution in [0.5, 0.6) is 0 Å². The topological polar surface area (TPSA) is 80.8 Å². The molecule has 1 fully saturated rings. The third-order valence-electron chi connectivity index (χ3n) is 7.70. The van der Waals surface area contributed by atoms with Crippen molar-refractivity contribution in [1.82, 2.24) is 19.5 Å². The molecule has 43 heavy (non-hydrogen) atoms. The largest absolute Gasteiger partial charge is 0.465 e. The van der Waals surface area contributed by atoms with Gasteiger partial charge in [0.15, 0.2) is 5.76 Å². The molecule has 0 bridgehead atoms. The maximum Gasteiger partial charge on any atom is 0.417 e. The fourth-order valence-corrected chi connectivity index (χ4v) is 6.56. The zero-order valence-electron chi connectivity index (χ0n) is 24.0. The van der Waals surface area contributed by atoms with Crippen molar-refractivity contribution in [3.63, 3.8) is 0 Å². The number of fused-ring (bicyclic) bond motifs is 1. The van der Waals surface area contributed by atoms with Crippen molar-refractivity contribution in [2.45, 2.75) is 58.4 Å². The molecule has 13 heteroatoms. The Morgan fingerprint density at radius 1 is 1.19 bits per heavy atom. The highest BCUT2D eigenvalue weighted by Gasteiger charge is 2.36. The van der Waals surface area contributed by atoms with Crippen LogP contribution in [0.2, 0.25) is 4.34 Å². The molecule has 0 radical (unpaired) electrons. The molecule has 0 unspecified atom stereocenters. The third-order valence-corrected chi connectivity index (χ3v) is 8.95. The summed E-state index contributed by atoms with van der Waals surface area (Å²) in [5.74, 6) is -0.668. The van der Waals surface area contributed by atoms with Crippen molar-refractivity contribution in [3.05, 3.63) is 63.8 Å². The summed E-state index contributed by atoms with van der Waals surface area (Å²) in [4.78, 5) is 31.5. The number of piperidine rings is 1. The lowest BCUT2D eigenvalue weighted by Crippen LogP contribution is -2.50. The number of alkyl halides is 3. The van der Waals surface area contributed by atoms with Gasteiger partial charge in [-0.25, -0.2) is 0 Å². The number of carbonyl (C=O) groups is 2. The first-order valence-electron chi connectivity index (χ1n) is 14.1. The molecule has 0 spiro atoms. The standard InChI is InChI=1S/C30H32ClF3N4O4S/c1-4-41-28(39)17-37(20-10-12-36(13-11-20)18(2)3)29(40)24-15-21-22(30(32,33)34)6-5-7-23(21)38(24)16-19-14-25(42-35-19)26-8-9-27(31)43-26/h5-9,14-15,18,20H,4,10-13,16-17H2,1-3H3. The Morgan fingerprint density at radius 3 is 2.56 bits per heavy atom. The summed E-state index contributed by atoms with van der Waals surface area (Å²) < 4.78 is 55.0. The molecule has 0 N–H and O–H groups in total. The number of rotatable bonds is 9. The molecule has 5 rings (SSSR count). The fraction of sp³-hybridized carbons (Fsp3) is 0.433. The van der Waals surface area contributed by atoms with E-state index in [1.54, 1.807) is 25.1 Å². The molecule has 230 valence electrons. The zero-order valence-corrected chi connectivity index (χ0v) is 25.6. The summed E-state index contributed by atoms with van der Waals surface area (Å²) in [7, 11) is 0. The molecular weight excluding hydrogens is 605 g/mol. The van der Waals surface area contributed by atoms with Crippen molar-refractivity contribution in [2.75, 3.05) is 26.2 Å². The number of thiophene rings is 1. The maximum atomic E-state index is 14.3. The van der Waals surface area contributed by atoms with Gasteiger partial charge in [-0.1, -0.05) is 22.8 Å². The molecule has 1 aliphatic heterocycles. The van der Waals surface area contributed by atoms with Crippen LogP contribution in [0.4, 0.5) is 13.2 Å². The molecule has 4 heterocycles. The van der Waals surface area contributed by atoms with E-state index in [-0.39, 0.29) is 42.3 Å². The van der Waals surface area contributed by atoms with Crippen LogP contribution in [-0.2, 0) is 22.3 Å². The molecular formula is C30H32ClF3N4O4S. The number of aromatic nitrogens is 2. The Bertz CT molecular complexity index is 1600. The van der Waals surface area contributed by atoms with E-state index in [1.807, 2.05) is 0 Å². The van der Waals surface area contributed by atoms with E-state index in [2.05, 4.69) is 23.9 Å². The molecule has 1 saturated heterocycles. The number of likely N-dealkylation sites (tertiary alicyclic amines) is 1. The summed E-state index contributed by atoms with van der Waals surface area (Å²) >= 11 is 7.36. The van der Waals surface area contributed by atoms with Gasteiger partial charge in [0.05, 0.1) is 27.9 Å². The quantitative estimate of drug-likeness (QED) is 0.185. The number of benzene rings is 1. The van der Waals surface area contributed by atoms with Crippen molar-refractivity contribution in [3.8, 4) is 10.6 Å². The predicted octanol–water partition coefficient (Wildman–Crippen LogP) is 6.96. The van der Waals surface area contributed by atoms with Crippen molar-refractivity contribution in [2.24, 2.45) is 0 Å². The van der Waals surface area contributed by atoms with Gasteiger partial charge in [0.25, 0.3) is 5.91 Å². The zero-order chi connectivity index (χ0) is 30.9. The molecule has 1 amide bonds. The van der Waals surface area contributed by atoms with Crippen LogP contribution in [-0.4, -0.2) is 69.7 Å². The highest BCUT2D eigenvalue weighted by atomic mass is 35.5. The lowest BCUT2D eigenvalue weighted by atomic mass is 10.0. The Morgan fingerprint density at radius 2 is 1.93 bits per heavy atom. The molecule has 0 saturated carbocycles. The lowest BCUT2D eigenvalue weighted by molar-refractivity contribution is -0.144. The van der Waals surface area contributed by atoms with Crippen LogP contribution < -0.4 is 0 Å². The normalized spacial score (nSPS) is 15.0. The van der Waals surface area contributed by atoms with Gasteiger partial charge in [-0.3, -0.25) is 9.59 Å². The predicted molar refractivity (Wildman–Crippen MR) is 158 cm³/mol. The Kier molecular flexibility index (Phi) is 9.19. The lowest BCUT2D eigenvalue weighted by Gasteiger charge is -2.39. The number of esters is 1. The molecule has 8 nitrogen and oxygen atoms in total. The third kappa shape index (κ3) is 6.76. The number of ether oxygens (including phenoxy) is 1. The van der Waals surface area contributed by atoms with Gasteiger partial charge in [0.1, 0.15) is 17.9 Å². The summed E-state index contributed by atoms with van der Waals surface area (Å²) in [5, 5.41) is 4.02. The summed E-state index contributed by atoms with van der Waals surface area (Å²) in [6.45, 7) is 7.13. The van der Waals surface area contributed by atoms with Gasteiger partial charge in [-0.05, 0) is 63.9 Å². The molecule has 0 aliphatic carbocycles. The van der Waals surface area contributed by atoms with Crippen molar-refractivity contribution < 1.29 is 32.0 Å². The monoisotopic (exact) mass is 636 g/mol. The van der Waals surface area contributed by atoms with E-state index < -0.39 is 23.6 Å². The minimum absolute atomic E-state index is 0.0194. The van der Waals surface area contributed by atoms with Gasteiger partial charge >= 0.3 is 12.1 Å². The second-order valence-corrected chi connectivity index (χ2v) is 12.5. The second-order valence-electron chi connectivity index (χ2n) is 10.7. The number of hydrogen-bond acceptors (Lipinski definition) is 7. The summed E-state index contributed by atoms with van der Waals surface area (Å²) in [5.41, 5.74) is -0.210. The Hall–Kier alpha value is -3.35. The Labute approximate surface area is 255 Å². The van der Waals surface area contributed by atoms with Crippen LogP contribution in [0.15, 0.2) is 47.0 Å². The van der Waals surface area contributed by atoms with E-state index >= 15 is 0 Å². The Balaban J connectivity index is 1.56. The van der Waals surface area contributed by atoms with E-state index in [4.69, 9.17) is 20.9 Å². The second kappa shape index (κ2) is 12.7. The maximum absolute atomic E-state index is 14.3. The van der Waals surface area contributed by atoms with E-state index in [0.717, 1.165) is 24.0 Å². The highest BCUT2D eigenvalue weighted by molar-refractivity contribution is 7.19. The number of hydrogen-bond donors (Lipinski definition) is 0. The van der Waals surface area contributed by atoms with Gasteiger partial charge in [-0.2, -0.15) is 13.2 Å². The number of amides is 1. The molecule has 1 aromatic carbocycles. The van der Waals surface area contributed by atoms with Crippen LogP contribution in [0.25, 0.3) is 21.5 Å². The van der Waals surface area contributed by atoms with Crippen LogP contribution in [0, 0.1) is 0 Å². The van der Waals surface area contributed by atoms with Gasteiger partial charge < -0.3 is 23.6 Å². The first-order chi connectivity index (χ1) is 20.5. The van der Waals surface area contributed by atoms with Crippen LogP contribution in [0.1, 0.15) is 55.4 Å². The van der Waals surface area contributed by atoms with Gasteiger partial charge in [0, 0.05) is 42.1 Å². The molecule has 3 aromatic heterocycles. The van der Waals surface area contributed by atoms with Crippen molar-refractivity contribution in [1.29, 1.82) is 0 Å². The smallest absolute Gasteiger partial charge is 0.417 e. The molecule has 1 aliphatic rings. The number of nitrogens with zero attached hydrogens (tertiary/aromatic N) is 4. The van der Waals surface area contributed by atoms with Gasteiger partial charge in [-0.15, -0.1) is 11.3 Å². The molecule has 4 aromatic rings. The first kappa shape index (κ1) is 31.1.